The largest absolute Gasteiger partial charge is 0.463 e. The molecule has 0 radical (unpaired) electrons. The zero-order valence-electron chi connectivity index (χ0n) is 20.9. The molecule has 1 saturated carbocycles. The molecule has 2 fully saturated rings. The van der Waals surface area contributed by atoms with E-state index < -0.39 is 0 Å². The number of hydrogen-bond acceptors (Lipinski definition) is 7. The van der Waals surface area contributed by atoms with Crippen LogP contribution in [-0.2, 0) is 16.0 Å². The lowest BCUT2D eigenvalue weighted by molar-refractivity contribution is -0.138. The van der Waals surface area contributed by atoms with E-state index in [2.05, 4.69) is 44.4 Å². The van der Waals surface area contributed by atoms with Gasteiger partial charge in [0.15, 0.2) is 0 Å². The van der Waals surface area contributed by atoms with E-state index in [4.69, 9.17) is 4.74 Å². The first-order valence-corrected chi connectivity index (χ1v) is 12.8. The number of benzene rings is 1. The second-order valence-corrected chi connectivity index (χ2v) is 9.75. The number of nitrogens with one attached hydrogen (secondary N) is 1. The first-order valence-electron chi connectivity index (χ1n) is 12.8. The molecule has 0 amide bonds. The highest BCUT2D eigenvalue weighted by atomic mass is 16.5. The van der Waals surface area contributed by atoms with Crippen LogP contribution in [0.3, 0.4) is 0 Å². The highest BCUT2D eigenvalue weighted by Crippen LogP contribution is 2.45. The van der Waals surface area contributed by atoms with Crippen LogP contribution >= 0.6 is 0 Å². The van der Waals surface area contributed by atoms with Crippen LogP contribution in [-0.4, -0.2) is 59.8 Å². The van der Waals surface area contributed by atoms with Gasteiger partial charge in [-0.25, -0.2) is 9.59 Å². The number of nitrogens with zero attached hydrogens (tertiary/aromatic N) is 4. The Labute approximate surface area is 206 Å². The molecule has 2 aliphatic heterocycles. The molecular weight excluding hydrogens is 442 g/mol. The molecule has 35 heavy (non-hydrogen) atoms. The molecule has 1 saturated heterocycles. The van der Waals surface area contributed by atoms with Gasteiger partial charge in [-0.2, -0.15) is 4.98 Å². The van der Waals surface area contributed by atoms with Gasteiger partial charge in [0, 0.05) is 55.9 Å². The van der Waals surface area contributed by atoms with Crippen LogP contribution in [0.15, 0.2) is 46.4 Å². The number of fused-ring (bicyclic) bond motifs is 1. The second kappa shape index (κ2) is 9.85. The fraction of sp³-hybridized carbons (Fsp3) is 0.519. The van der Waals surface area contributed by atoms with E-state index in [-0.39, 0.29) is 23.6 Å². The quantitative estimate of drug-likeness (QED) is 0.613. The van der Waals surface area contributed by atoms with Gasteiger partial charge in [-0.15, -0.1) is 0 Å². The fourth-order valence-corrected chi connectivity index (χ4v) is 5.34. The molecule has 8 heteroatoms. The van der Waals surface area contributed by atoms with Gasteiger partial charge in [-0.1, -0.05) is 37.3 Å². The van der Waals surface area contributed by atoms with Gasteiger partial charge in [0.05, 0.1) is 12.2 Å². The number of esters is 1. The molecule has 1 aliphatic carbocycles. The number of allylic oxidation sites excluding steroid dienone is 1. The van der Waals surface area contributed by atoms with Gasteiger partial charge in [0.2, 0.25) is 0 Å². The first-order chi connectivity index (χ1) is 17.0. The zero-order valence-corrected chi connectivity index (χ0v) is 20.9. The third-order valence-corrected chi connectivity index (χ3v) is 7.36. The Morgan fingerprint density at radius 3 is 2.51 bits per heavy atom. The summed E-state index contributed by atoms with van der Waals surface area (Å²) in [6.45, 7) is 10.5. The summed E-state index contributed by atoms with van der Waals surface area (Å²) in [7, 11) is 0. The summed E-state index contributed by atoms with van der Waals surface area (Å²) < 4.78 is 7.17. The van der Waals surface area contributed by atoms with Crippen molar-refractivity contribution in [1.82, 2.24) is 14.5 Å². The lowest BCUT2D eigenvalue weighted by Crippen LogP contribution is -2.48. The summed E-state index contributed by atoms with van der Waals surface area (Å²) in [5, 5.41) is 3.40. The Hall–Kier alpha value is -3.13. The maximum atomic E-state index is 13.2. The predicted octanol–water partition coefficient (Wildman–Crippen LogP) is 3.31. The molecule has 0 bridgehead atoms. The smallest absolute Gasteiger partial charge is 0.351 e. The average Bonchev–Trinajstić information content (AvgIpc) is 3.68. The molecule has 1 aromatic carbocycles. The summed E-state index contributed by atoms with van der Waals surface area (Å²) in [5.74, 6) is 0.983. The maximum absolute atomic E-state index is 13.2. The fourth-order valence-electron chi connectivity index (χ4n) is 5.34. The van der Waals surface area contributed by atoms with Gasteiger partial charge in [0.25, 0.3) is 0 Å². The minimum Gasteiger partial charge on any atom is -0.463 e. The lowest BCUT2D eigenvalue weighted by Gasteiger charge is -2.38. The summed E-state index contributed by atoms with van der Waals surface area (Å²) >= 11 is 0. The van der Waals surface area contributed by atoms with Crippen molar-refractivity contribution in [2.45, 2.75) is 52.0 Å². The highest BCUT2D eigenvalue weighted by molar-refractivity contribution is 5.94. The standard InChI is InChI=1S/C27H35N5O3/c1-4-35-26(33)22-18(2)23-24(29-27(34)32(21-10-11-21)25(23)28-19(22)3)31-16-14-30(15-17-31)13-12-20-8-6-5-7-9-20/h5-9,18,21,28H,4,10-17H2,1-3H3. The molecule has 1 unspecified atom stereocenters. The molecule has 5 rings (SSSR count). The normalized spacial score (nSPS) is 20.4. The van der Waals surface area contributed by atoms with Crippen molar-refractivity contribution in [2.75, 3.05) is 49.5 Å². The summed E-state index contributed by atoms with van der Waals surface area (Å²) in [6, 6.07) is 10.7. The van der Waals surface area contributed by atoms with Crippen molar-refractivity contribution < 1.29 is 9.53 Å². The van der Waals surface area contributed by atoms with Crippen LogP contribution < -0.4 is 15.9 Å². The Morgan fingerprint density at radius 1 is 1.14 bits per heavy atom. The second-order valence-electron chi connectivity index (χ2n) is 9.75. The summed E-state index contributed by atoms with van der Waals surface area (Å²) in [4.78, 5) is 35.3. The number of anilines is 2. The van der Waals surface area contributed by atoms with Crippen molar-refractivity contribution in [2.24, 2.45) is 0 Å². The van der Waals surface area contributed by atoms with E-state index in [0.29, 0.717) is 18.0 Å². The molecule has 8 nitrogen and oxygen atoms in total. The average molecular weight is 478 g/mol. The number of hydrogen-bond donors (Lipinski definition) is 1. The molecule has 1 atom stereocenters. The molecule has 0 spiro atoms. The van der Waals surface area contributed by atoms with Crippen molar-refractivity contribution >= 4 is 17.6 Å². The van der Waals surface area contributed by atoms with E-state index in [1.54, 1.807) is 4.57 Å². The van der Waals surface area contributed by atoms with Gasteiger partial charge >= 0.3 is 11.7 Å². The number of ether oxygens (including phenoxy) is 1. The van der Waals surface area contributed by atoms with E-state index in [9.17, 15) is 9.59 Å². The van der Waals surface area contributed by atoms with Crippen LogP contribution in [0, 0.1) is 0 Å². The van der Waals surface area contributed by atoms with Gasteiger partial charge < -0.3 is 15.0 Å². The van der Waals surface area contributed by atoms with E-state index in [1.807, 2.05) is 26.8 Å². The molecular formula is C27H35N5O3. The first kappa shape index (κ1) is 23.6. The Bertz CT molecular complexity index is 1180. The van der Waals surface area contributed by atoms with Crippen molar-refractivity contribution in [3.63, 3.8) is 0 Å². The monoisotopic (exact) mass is 477 g/mol. The predicted molar refractivity (Wildman–Crippen MR) is 137 cm³/mol. The van der Waals surface area contributed by atoms with E-state index in [0.717, 1.165) is 69.1 Å². The molecule has 2 aromatic rings. The number of piperazine rings is 1. The zero-order chi connectivity index (χ0) is 24.5. The molecule has 1 N–H and O–H groups in total. The van der Waals surface area contributed by atoms with Gasteiger partial charge in [-0.3, -0.25) is 9.47 Å². The maximum Gasteiger partial charge on any atom is 0.351 e. The van der Waals surface area contributed by atoms with Crippen molar-refractivity contribution in [3.05, 3.63) is 63.2 Å². The molecule has 3 aliphatic rings. The van der Waals surface area contributed by atoms with E-state index in [1.165, 1.54) is 5.56 Å². The van der Waals surface area contributed by atoms with Gasteiger partial charge in [0.1, 0.15) is 11.6 Å². The number of carbonyl (C=O) groups excluding carboxylic acids is 1. The molecule has 1 aromatic heterocycles. The number of aromatic nitrogens is 2. The minimum atomic E-state index is -0.309. The van der Waals surface area contributed by atoms with Crippen molar-refractivity contribution in [1.29, 1.82) is 0 Å². The van der Waals surface area contributed by atoms with Crippen molar-refractivity contribution in [3.8, 4) is 0 Å². The Morgan fingerprint density at radius 2 is 1.86 bits per heavy atom. The van der Waals surface area contributed by atoms with Crippen LogP contribution in [0.2, 0.25) is 0 Å². The van der Waals surface area contributed by atoms with Crippen LogP contribution in [0.1, 0.15) is 56.7 Å². The van der Waals surface area contributed by atoms with E-state index >= 15 is 0 Å². The minimum absolute atomic E-state index is 0.185. The van der Waals surface area contributed by atoms with Crippen LogP contribution in [0.4, 0.5) is 11.6 Å². The summed E-state index contributed by atoms with van der Waals surface area (Å²) in [5.41, 5.74) is 3.44. The Balaban J connectivity index is 1.40. The lowest BCUT2D eigenvalue weighted by atomic mass is 9.88. The number of carbonyl (C=O) groups is 1. The van der Waals surface area contributed by atoms with Gasteiger partial charge in [-0.05, 0) is 38.7 Å². The third kappa shape index (κ3) is 4.72. The van der Waals surface area contributed by atoms with Crippen LogP contribution in [0.25, 0.3) is 0 Å². The topological polar surface area (TPSA) is 79.7 Å². The summed E-state index contributed by atoms with van der Waals surface area (Å²) in [6.07, 6.45) is 2.99. The molecule has 186 valence electrons. The SMILES string of the molecule is CCOC(=O)C1=C(C)Nc2c(c(N3CCN(CCc4ccccc4)CC3)nc(=O)n2C2CC2)C1C. The molecule has 3 heterocycles. The number of rotatable bonds is 7. The van der Waals surface area contributed by atoms with Crippen LogP contribution in [0.5, 0.6) is 0 Å². The highest BCUT2D eigenvalue weighted by Gasteiger charge is 2.38. The Kier molecular flexibility index (Phi) is 6.65. The third-order valence-electron chi connectivity index (χ3n) is 7.36.